The van der Waals surface area contributed by atoms with Crippen LogP contribution in [0.25, 0.3) is 0 Å². The topological polar surface area (TPSA) is 86.8 Å². The molecule has 1 atom stereocenters. The van der Waals surface area contributed by atoms with E-state index in [1.54, 1.807) is 36.4 Å². The average Bonchev–Trinajstić information content (AvgIpc) is 2.93. The van der Waals surface area contributed by atoms with E-state index in [0.29, 0.717) is 18.7 Å². The third-order valence-electron chi connectivity index (χ3n) is 6.59. The molecule has 8 heteroatoms. The lowest BCUT2D eigenvalue weighted by Crippen LogP contribution is -2.52. The van der Waals surface area contributed by atoms with E-state index in [1.807, 2.05) is 58.0 Å². The van der Waals surface area contributed by atoms with Gasteiger partial charge in [-0.1, -0.05) is 80.4 Å². The molecule has 0 bridgehead atoms. The Morgan fingerprint density at radius 2 is 1.56 bits per heavy atom. The molecule has 0 saturated carbocycles. The Labute approximate surface area is 232 Å². The molecule has 1 N–H and O–H groups in total. The van der Waals surface area contributed by atoms with Gasteiger partial charge in [-0.15, -0.1) is 0 Å². The second-order valence-electron chi connectivity index (χ2n) is 9.74. The smallest absolute Gasteiger partial charge is 0.264 e. The number of rotatable bonds is 13. The van der Waals surface area contributed by atoms with Gasteiger partial charge in [0.25, 0.3) is 10.0 Å². The molecule has 0 heterocycles. The number of amides is 2. The molecule has 0 fully saturated rings. The summed E-state index contributed by atoms with van der Waals surface area (Å²) < 4.78 is 28.8. The molecular weight excluding hydrogens is 510 g/mol. The zero-order chi connectivity index (χ0) is 28.4. The number of anilines is 1. The zero-order valence-corrected chi connectivity index (χ0v) is 24.1. The maximum absolute atomic E-state index is 14.0. The van der Waals surface area contributed by atoms with Gasteiger partial charge in [0.15, 0.2) is 0 Å². The van der Waals surface area contributed by atoms with Crippen LogP contribution in [0.2, 0.25) is 0 Å². The van der Waals surface area contributed by atoms with Crippen LogP contribution in [0.4, 0.5) is 5.69 Å². The Morgan fingerprint density at radius 1 is 0.872 bits per heavy atom. The van der Waals surface area contributed by atoms with E-state index in [9.17, 15) is 18.0 Å². The summed E-state index contributed by atoms with van der Waals surface area (Å²) in [6.07, 6.45) is 2.17. The summed E-state index contributed by atoms with van der Waals surface area (Å²) in [4.78, 5) is 28.9. The molecule has 0 aromatic heterocycles. The Balaban J connectivity index is 2.02. The first kappa shape index (κ1) is 29.9. The minimum absolute atomic E-state index is 0.0914. The van der Waals surface area contributed by atoms with Gasteiger partial charge in [-0.25, -0.2) is 8.42 Å². The summed E-state index contributed by atoms with van der Waals surface area (Å²) in [5.41, 5.74) is 3.21. The molecule has 0 saturated heterocycles. The molecule has 7 nitrogen and oxygen atoms in total. The maximum atomic E-state index is 14.0. The summed E-state index contributed by atoms with van der Waals surface area (Å²) in [5, 5.41) is 2.95. The van der Waals surface area contributed by atoms with Crippen molar-refractivity contribution in [3.05, 3.63) is 95.6 Å². The SMILES string of the molecule is CCCCNC(=O)[C@@H](CC)N(Cc1ccc(C)cc1)C(=O)CN(c1cccc(C)c1)S(=O)(=O)c1ccccc1. The number of carbonyl (C=O) groups excluding carboxylic acids is 2. The van der Waals surface area contributed by atoms with E-state index in [4.69, 9.17) is 0 Å². The Morgan fingerprint density at radius 3 is 2.18 bits per heavy atom. The predicted molar refractivity (Wildman–Crippen MR) is 156 cm³/mol. The molecule has 0 radical (unpaired) electrons. The van der Waals surface area contributed by atoms with Gasteiger partial charge in [0.2, 0.25) is 11.8 Å². The lowest BCUT2D eigenvalue weighted by molar-refractivity contribution is -0.140. The molecule has 0 aliphatic heterocycles. The molecular formula is C31H39N3O4S. The quantitative estimate of drug-likeness (QED) is 0.296. The normalized spacial score (nSPS) is 12.0. The van der Waals surface area contributed by atoms with Crippen molar-refractivity contribution < 1.29 is 18.0 Å². The lowest BCUT2D eigenvalue weighted by atomic mass is 10.1. The van der Waals surface area contributed by atoms with Gasteiger partial charge in [0.05, 0.1) is 10.6 Å². The van der Waals surface area contributed by atoms with Crippen molar-refractivity contribution in [1.82, 2.24) is 10.2 Å². The highest BCUT2D eigenvalue weighted by Crippen LogP contribution is 2.25. The molecule has 0 aliphatic rings. The third-order valence-corrected chi connectivity index (χ3v) is 8.38. The van der Waals surface area contributed by atoms with E-state index >= 15 is 0 Å². The fraction of sp³-hybridized carbons (Fsp3) is 0.355. The van der Waals surface area contributed by atoms with Gasteiger partial charge in [-0.2, -0.15) is 0 Å². The second kappa shape index (κ2) is 13.9. The number of carbonyl (C=O) groups is 2. The second-order valence-corrected chi connectivity index (χ2v) is 11.6. The van der Waals surface area contributed by atoms with Crippen LogP contribution in [0.15, 0.2) is 83.8 Å². The molecule has 3 aromatic carbocycles. The summed E-state index contributed by atoms with van der Waals surface area (Å²) in [7, 11) is -4.06. The summed E-state index contributed by atoms with van der Waals surface area (Å²) in [6, 6.07) is 22.2. The van der Waals surface area contributed by atoms with Crippen molar-refractivity contribution in [1.29, 1.82) is 0 Å². The number of hydrogen-bond donors (Lipinski definition) is 1. The minimum atomic E-state index is -4.06. The first-order valence-electron chi connectivity index (χ1n) is 13.4. The summed E-state index contributed by atoms with van der Waals surface area (Å²) in [5.74, 6) is -0.687. The van der Waals surface area contributed by atoms with Crippen molar-refractivity contribution in [2.24, 2.45) is 0 Å². The van der Waals surface area contributed by atoms with Gasteiger partial charge >= 0.3 is 0 Å². The number of sulfonamides is 1. The highest BCUT2D eigenvalue weighted by atomic mass is 32.2. The van der Waals surface area contributed by atoms with Gasteiger partial charge < -0.3 is 10.2 Å². The van der Waals surface area contributed by atoms with E-state index in [-0.39, 0.29) is 17.3 Å². The summed E-state index contributed by atoms with van der Waals surface area (Å²) >= 11 is 0. The number of unbranched alkanes of at least 4 members (excludes halogenated alkanes) is 1. The van der Waals surface area contributed by atoms with E-state index < -0.39 is 28.5 Å². The van der Waals surface area contributed by atoms with Gasteiger partial charge in [0.1, 0.15) is 12.6 Å². The molecule has 3 aromatic rings. The molecule has 2 amide bonds. The van der Waals surface area contributed by atoms with Crippen molar-refractivity contribution in [3.8, 4) is 0 Å². The third kappa shape index (κ3) is 7.93. The number of nitrogens with zero attached hydrogens (tertiary/aromatic N) is 2. The van der Waals surface area contributed by atoms with Crippen molar-refractivity contribution in [2.45, 2.75) is 64.4 Å². The first-order chi connectivity index (χ1) is 18.7. The lowest BCUT2D eigenvalue weighted by Gasteiger charge is -2.33. The first-order valence-corrected chi connectivity index (χ1v) is 14.9. The Kier molecular flexibility index (Phi) is 10.7. The molecule has 0 aliphatic carbocycles. The monoisotopic (exact) mass is 549 g/mol. The van der Waals surface area contributed by atoms with Crippen LogP contribution >= 0.6 is 0 Å². The standard InChI is InChI=1S/C31H39N3O4S/c1-5-7-20-32-31(36)29(6-2)33(22-26-18-16-24(3)17-19-26)30(35)23-34(27-13-11-12-25(4)21-27)39(37,38)28-14-9-8-10-15-28/h8-19,21,29H,5-7,20,22-23H2,1-4H3,(H,32,36)/t29-/m1/s1. The Bertz CT molecular complexity index is 1340. The van der Waals surface area contributed by atoms with Crippen LogP contribution in [0, 0.1) is 13.8 Å². The van der Waals surface area contributed by atoms with Gasteiger partial charge in [0, 0.05) is 13.1 Å². The maximum Gasteiger partial charge on any atom is 0.264 e. The predicted octanol–water partition coefficient (Wildman–Crippen LogP) is 5.22. The minimum Gasteiger partial charge on any atom is -0.354 e. The van der Waals surface area contributed by atoms with Crippen molar-refractivity contribution >= 4 is 27.5 Å². The van der Waals surface area contributed by atoms with Crippen LogP contribution in [0.1, 0.15) is 49.8 Å². The van der Waals surface area contributed by atoms with Crippen LogP contribution in [-0.4, -0.2) is 44.3 Å². The largest absolute Gasteiger partial charge is 0.354 e. The van der Waals surface area contributed by atoms with Gasteiger partial charge in [-0.05, 0) is 62.1 Å². The van der Waals surface area contributed by atoms with E-state index in [1.165, 1.54) is 17.0 Å². The highest BCUT2D eigenvalue weighted by Gasteiger charge is 2.33. The van der Waals surface area contributed by atoms with Crippen LogP contribution in [0.5, 0.6) is 0 Å². The van der Waals surface area contributed by atoms with Crippen molar-refractivity contribution in [2.75, 3.05) is 17.4 Å². The fourth-order valence-corrected chi connectivity index (χ4v) is 5.77. The van der Waals surface area contributed by atoms with E-state index in [0.717, 1.165) is 33.8 Å². The average molecular weight is 550 g/mol. The molecule has 3 rings (SSSR count). The number of benzene rings is 3. The molecule has 208 valence electrons. The molecule has 0 unspecified atom stereocenters. The molecule has 39 heavy (non-hydrogen) atoms. The molecule has 0 spiro atoms. The highest BCUT2D eigenvalue weighted by molar-refractivity contribution is 7.92. The number of nitrogens with one attached hydrogen (secondary N) is 1. The zero-order valence-electron chi connectivity index (χ0n) is 23.3. The van der Waals surface area contributed by atoms with E-state index in [2.05, 4.69) is 5.32 Å². The number of aryl methyl sites for hydroxylation is 2. The van der Waals surface area contributed by atoms with Crippen LogP contribution in [-0.2, 0) is 26.2 Å². The van der Waals surface area contributed by atoms with Crippen molar-refractivity contribution in [3.63, 3.8) is 0 Å². The van der Waals surface area contributed by atoms with Gasteiger partial charge in [-0.3, -0.25) is 13.9 Å². The Hall–Kier alpha value is -3.65. The fourth-order valence-electron chi connectivity index (χ4n) is 4.35. The van der Waals surface area contributed by atoms with Crippen LogP contribution < -0.4 is 9.62 Å². The number of hydrogen-bond acceptors (Lipinski definition) is 4. The van der Waals surface area contributed by atoms with Crippen LogP contribution in [0.3, 0.4) is 0 Å². The summed E-state index contributed by atoms with van der Waals surface area (Å²) in [6.45, 7) is 8.03.